The predicted octanol–water partition coefficient (Wildman–Crippen LogP) is 5.28. The first-order chi connectivity index (χ1) is 16.1. The summed E-state index contributed by atoms with van der Waals surface area (Å²) < 4.78 is 7.20. The minimum Gasteiger partial charge on any atom is -0.467 e. The van der Waals surface area contributed by atoms with Crippen molar-refractivity contribution < 1.29 is 9.21 Å². The van der Waals surface area contributed by atoms with Crippen LogP contribution in [0.4, 0.5) is 0 Å². The van der Waals surface area contributed by atoms with Crippen molar-refractivity contribution in [2.24, 2.45) is 0 Å². The summed E-state index contributed by atoms with van der Waals surface area (Å²) in [6.07, 6.45) is 6.69. The van der Waals surface area contributed by atoms with Gasteiger partial charge in [0.1, 0.15) is 12.3 Å². The second kappa shape index (κ2) is 8.88. The maximum atomic E-state index is 13.4. The molecule has 164 valence electrons. The molecule has 1 atom stereocenters. The van der Waals surface area contributed by atoms with Gasteiger partial charge in [-0.15, -0.1) is 0 Å². The van der Waals surface area contributed by atoms with Gasteiger partial charge in [0.25, 0.3) is 5.91 Å². The summed E-state index contributed by atoms with van der Waals surface area (Å²) in [5, 5.41) is 8.79. The normalized spacial score (nSPS) is 12.1. The quantitative estimate of drug-likeness (QED) is 0.375. The number of carbonyl (C=O) groups excluding carboxylic acids is 1. The predicted molar refractivity (Wildman–Crippen MR) is 126 cm³/mol. The maximum absolute atomic E-state index is 13.4. The van der Waals surface area contributed by atoms with E-state index < -0.39 is 0 Å². The summed E-state index contributed by atoms with van der Waals surface area (Å²) in [7, 11) is 0. The summed E-state index contributed by atoms with van der Waals surface area (Å²) in [4.78, 5) is 22.4. The summed E-state index contributed by atoms with van der Waals surface area (Å²) in [6.45, 7) is 2.30. The van der Waals surface area contributed by atoms with Crippen LogP contribution in [-0.2, 0) is 6.54 Å². The van der Waals surface area contributed by atoms with Gasteiger partial charge in [-0.1, -0.05) is 29.8 Å². The highest BCUT2D eigenvalue weighted by Gasteiger charge is 2.20. The van der Waals surface area contributed by atoms with Crippen LogP contribution < -0.4 is 5.32 Å². The van der Waals surface area contributed by atoms with E-state index in [0.29, 0.717) is 33.9 Å². The number of nitrogens with zero attached hydrogens (tertiary/aromatic N) is 4. The Bertz CT molecular complexity index is 1410. The van der Waals surface area contributed by atoms with Gasteiger partial charge in [-0.05, 0) is 48.9 Å². The molecule has 1 amide bonds. The smallest absolute Gasteiger partial charge is 0.252 e. The van der Waals surface area contributed by atoms with Crippen LogP contribution >= 0.6 is 11.6 Å². The van der Waals surface area contributed by atoms with Crippen molar-refractivity contribution in [2.45, 2.75) is 19.5 Å². The summed E-state index contributed by atoms with van der Waals surface area (Å²) in [6, 6.07) is 16.4. The molecule has 0 aliphatic carbocycles. The van der Waals surface area contributed by atoms with Gasteiger partial charge in [-0.25, -0.2) is 9.67 Å². The number of halogens is 1. The molecule has 4 aromatic heterocycles. The maximum Gasteiger partial charge on any atom is 0.252 e. The highest BCUT2D eigenvalue weighted by Crippen LogP contribution is 2.27. The van der Waals surface area contributed by atoms with Crippen molar-refractivity contribution in [1.82, 2.24) is 25.1 Å². The second-order valence-corrected chi connectivity index (χ2v) is 8.04. The Labute approximate surface area is 195 Å². The number of fused-ring (bicyclic) bond motifs is 1. The van der Waals surface area contributed by atoms with Crippen molar-refractivity contribution in [3.8, 4) is 11.3 Å². The molecule has 0 aliphatic heterocycles. The zero-order chi connectivity index (χ0) is 22.8. The summed E-state index contributed by atoms with van der Waals surface area (Å²) in [5.41, 5.74) is 3.34. The molecule has 0 spiro atoms. The van der Waals surface area contributed by atoms with Crippen LogP contribution in [0.2, 0.25) is 5.02 Å². The number of hydrogen-bond donors (Lipinski definition) is 1. The van der Waals surface area contributed by atoms with Crippen molar-refractivity contribution in [1.29, 1.82) is 0 Å². The lowest BCUT2D eigenvalue weighted by Gasteiger charge is -2.16. The van der Waals surface area contributed by atoms with E-state index in [4.69, 9.17) is 21.0 Å². The SMILES string of the molecule is CC(NC(=O)c1cc(-c2cccnc2)nc2c1cnn2Cc1ccco1)c1ccccc1Cl. The van der Waals surface area contributed by atoms with Crippen molar-refractivity contribution in [3.05, 3.63) is 101 Å². The highest BCUT2D eigenvalue weighted by atomic mass is 35.5. The van der Waals surface area contributed by atoms with Crippen LogP contribution in [0, 0.1) is 0 Å². The Morgan fingerprint density at radius 3 is 2.79 bits per heavy atom. The zero-order valence-corrected chi connectivity index (χ0v) is 18.5. The number of hydrogen-bond acceptors (Lipinski definition) is 5. The standard InChI is InChI=1S/C25H20ClN5O2/c1-16(19-8-2-3-9-22(19)26)29-25(32)20-12-23(17-6-4-10-27-13-17)30-24-21(20)14-28-31(24)15-18-7-5-11-33-18/h2-14,16H,15H2,1H3,(H,29,32). The van der Waals surface area contributed by atoms with E-state index in [-0.39, 0.29) is 11.9 Å². The molecule has 0 saturated heterocycles. The summed E-state index contributed by atoms with van der Waals surface area (Å²) in [5.74, 6) is 0.504. The van der Waals surface area contributed by atoms with Gasteiger partial charge in [-0.3, -0.25) is 9.78 Å². The van der Waals surface area contributed by atoms with E-state index >= 15 is 0 Å². The Kier molecular flexibility index (Phi) is 5.62. The molecular formula is C25H20ClN5O2. The molecule has 1 aromatic carbocycles. The number of rotatable bonds is 6. The first kappa shape index (κ1) is 20.9. The molecule has 0 fully saturated rings. The third kappa shape index (κ3) is 4.23. The van der Waals surface area contributed by atoms with Crippen molar-refractivity contribution in [3.63, 3.8) is 0 Å². The molecule has 5 aromatic rings. The molecule has 1 N–H and O–H groups in total. The molecule has 0 saturated carbocycles. The lowest BCUT2D eigenvalue weighted by atomic mass is 10.1. The molecule has 7 nitrogen and oxygen atoms in total. The molecule has 1 unspecified atom stereocenters. The average Bonchev–Trinajstić information content (AvgIpc) is 3.50. The number of carbonyl (C=O) groups is 1. The number of amides is 1. The number of nitrogens with one attached hydrogen (secondary N) is 1. The number of benzene rings is 1. The van der Waals surface area contributed by atoms with Gasteiger partial charge in [0.05, 0.1) is 35.1 Å². The van der Waals surface area contributed by atoms with Crippen LogP contribution in [0.5, 0.6) is 0 Å². The lowest BCUT2D eigenvalue weighted by Crippen LogP contribution is -2.27. The Balaban J connectivity index is 1.57. The van der Waals surface area contributed by atoms with Gasteiger partial charge in [0.2, 0.25) is 0 Å². The average molecular weight is 458 g/mol. The van der Waals surface area contributed by atoms with Gasteiger partial charge < -0.3 is 9.73 Å². The highest BCUT2D eigenvalue weighted by molar-refractivity contribution is 6.31. The van der Waals surface area contributed by atoms with Gasteiger partial charge in [-0.2, -0.15) is 5.10 Å². The van der Waals surface area contributed by atoms with E-state index in [0.717, 1.165) is 16.9 Å². The largest absolute Gasteiger partial charge is 0.467 e. The molecule has 8 heteroatoms. The number of aromatic nitrogens is 4. The minimum atomic E-state index is -0.283. The Morgan fingerprint density at radius 1 is 1.15 bits per heavy atom. The molecule has 0 aliphatic rings. The van der Waals surface area contributed by atoms with Crippen LogP contribution in [0.25, 0.3) is 22.3 Å². The van der Waals surface area contributed by atoms with E-state index in [9.17, 15) is 4.79 Å². The zero-order valence-electron chi connectivity index (χ0n) is 17.8. The Morgan fingerprint density at radius 2 is 2.03 bits per heavy atom. The van der Waals surface area contributed by atoms with Crippen LogP contribution in [0.1, 0.15) is 34.6 Å². The van der Waals surface area contributed by atoms with E-state index in [1.54, 1.807) is 35.6 Å². The van der Waals surface area contributed by atoms with E-state index in [2.05, 4.69) is 15.4 Å². The fourth-order valence-corrected chi connectivity index (χ4v) is 4.04. The molecule has 0 radical (unpaired) electrons. The molecule has 0 bridgehead atoms. The molecular weight excluding hydrogens is 438 g/mol. The topological polar surface area (TPSA) is 85.8 Å². The van der Waals surface area contributed by atoms with Gasteiger partial charge >= 0.3 is 0 Å². The van der Waals surface area contributed by atoms with Gasteiger partial charge in [0, 0.05) is 23.0 Å². The van der Waals surface area contributed by atoms with Crippen LogP contribution in [-0.4, -0.2) is 25.7 Å². The van der Waals surface area contributed by atoms with Crippen LogP contribution in [0.15, 0.2) is 83.9 Å². The third-order valence-electron chi connectivity index (χ3n) is 5.42. The molecule has 5 rings (SSSR count). The fourth-order valence-electron chi connectivity index (χ4n) is 3.74. The first-order valence-electron chi connectivity index (χ1n) is 10.4. The van der Waals surface area contributed by atoms with Crippen molar-refractivity contribution in [2.75, 3.05) is 0 Å². The summed E-state index contributed by atoms with van der Waals surface area (Å²) >= 11 is 6.33. The van der Waals surface area contributed by atoms with Crippen LogP contribution in [0.3, 0.4) is 0 Å². The Hall–Kier alpha value is -3.97. The van der Waals surface area contributed by atoms with E-state index in [1.165, 1.54) is 0 Å². The van der Waals surface area contributed by atoms with Crippen molar-refractivity contribution >= 4 is 28.5 Å². The third-order valence-corrected chi connectivity index (χ3v) is 5.76. The molecule has 4 heterocycles. The van der Waals surface area contributed by atoms with Gasteiger partial charge in [0.15, 0.2) is 5.65 Å². The van der Waals surface area contributed by atoms with E-state index in [1.807, 2.05) is 55.5 Å². The number of pyridine rings is 2. The first-order valence-corrected chi connectivity index (χ1v) is 10.8. The monoisotopic (exact) mass is 457 g/mol. The minimum absolute atomic E-state index is 0.238. The number of furan rings is 1. The lowest BCUT2D eigenvalue weighted by molar-refractivity contribution is 0.0941. The fraction of sp³-hybridized carbons (Fsp3) is 0.120. The second-order valence-electron chi connectivity index (χ2n) is 7.63. The molecule has 33 heavy (non-hydrogen) atoms.